The summed E-state index contributed by atoms with van der Waals surface area (Å²) in [5.74, 6) is -0.0625. The smallest absolute Gasteiger partial charge is 0.218 e. The standard InChI is InChI=1S/C10H10BrFN2O/c1-10(6-3-8(6)15-14-10)7-2-5(11)4-13-9(7)12/h2,4,6,8,14H,3H2,1H3/t6?,8?,10-/m1/s1. The van der Waals surface area contributed by atoms with E-state index in [0.717, 1.165) is 10.9 Å². The molecule has 2 heterocycles. The van der Waals surface area contributed by atoms with Crippen molar-refractivity contribution in [1.82, 2.24) is 10.5 Å². The van der Waals surface area contributed by atoms with Crippen molar-refractivity contribution in [3.05, 3.63) is 28.2 Å². The van der Waals surface area contributed by atoms with Crippen LogP contribution in [0.15, 0.2) is 16.7 Å². The molecule has 1 aromatic heterocycles. The van der Waals surface area contributed by atoms with E-state index in [1.165, 1.54) is 6.20 Å². The molecule has 0 radical (unpaired) electrons. The highest BCUT2D eigenvalue weighted by atomic mass is 79.9. The van der Waals surface area contributed by atoms with E-state index in [2.05, 4.69) is 26.4 Å². The lowest BCUT2D eigenvalue weighted by Gasteiger charge is -2.25. The highest BCUT2D eigenvalue weighted by molar-refractivity contribution is 9.10. The van der Waals surface area contributed by atoms with Gasteiger partial charge in [-0.15, -0.1) is 0 Å². The first-order valence-corrected chi connectivity index (χ1v) is 5.65. The van der Waals surface area contributed by atoms with E-state index in [-0.39, 0.29) is 6.10 Å². The average molecular weight is 273 g/mol. The number of aromatic nitrogens is 1. The van der Waals surface area contributed by atoms with Gasteiger partial charge in [-0.2, -0.15) is 9.87 Å². The minimum atomic E-state index is -0.439. The summed E-state index contributed by atoms with van der Waals surface area (Å²) in [4.78, 5) is 9.04. The van der Waals surface area contributed by atoms with Crippen LogP contribution in [-0.4, -0.2) is 11.1 Å². The summed E-state index contributed by atoms with van der Waals surface area (Å²) in [7, 11) is 0. The van der Waals surface area contributed by atoms with Crippen LogP contribution in [0.1, 0.15) is 18.9 Å². The van der Waals surface area contributed by atoms with Crippen LogP contribution < -0.4 is 5.48 Å². The molecule has 3 atom stereocenters. The number of nitrogens with one attached hydrogen (secondary N) is 1. The number of hydrogen-bond acceptors (Lipinski definition) is 3. The second kappa shape index (κ2) is 2.99. The van der Waals surface area contributed by atoms with Gasteiger partial charge in [0.2, 0.25) is 5.95 Å². The first kappa shape index (κ1) is 9.69. The number of nitrogens with zero attached hydrogens (tertiary/aromatic N) is 1. The largest absolute Gasteiger partial charge is 0.297 e. The van der Waals surface area contributed by atoms with Gasteiger partial charge in [-0.25, -0.2) is 4.98 Å². The summed E-state index contributed by atoms with van der Waals surface area (Å²) in [6.07, 6.45) is 2.70. The zero-order valence-electron chi connectivity index (χ0n) is 8.13. The van der Waals surface area contributed by atoms with Crippen LogP contribution in [0.5, 0.6) is 0 Å². The quantitative estimate of drug-likeness (QED) is 0.796. The lowest BCUT2D eigenvalue weighted by atomic mass is 9.89. The highest BCUT2D eigenvalue weighted by Crippen LogP contribution is 2.52. The van der Waals surface area contributed by atoms with Crippen molar-refractivity contribution in [1.29, 1.82) is 0 Å². The molecule has 0 amide bonds. The van der Waals surface area contributed by atoms with Gasteiger partial charge in [-0.3, -0.25) is 4.84 Å². The molecular weight excluding hydrogens is 263 g/mol. The maximum Gasteiger partial charge on any atom is 0.218 e. The second-order valence-corrected chi connectivity index (χ2v) is 5.21. The molecule has 2 aliphatic rings. The molecule has 1 saturated carbocycles. The number of hydroxylamine groups is 1. The normalized spacial score (nSPS) is 37.8. The van der Waals surface area contributed by atoms with Crippen molar-refractivity contribution in [2.24, 2.45) is 5.92 Å². The Hall–Kier alpha value is -0.520. The fraction of sp³-hybridized carbons (Fsp3) is 0.500. The molecule has 80 valence electrons. The number of hydrogen-bond donors (Lipinski definition) is 1. The summed E-state index contributed by atoms with van der Waals surface area (Å²) in [5.41, 5.74) is 3.05. The van der Waals surface area contributed by atoms with Crippen molar-refractivity contribution in [3.8, 4) is 0 Å². The molecule has 1 saturated heterocycles. The van der Waals surface area contributed by atoms with Gasteiger partial charge in [-0.1, -0.05) is 0 Å². The van der Waals surface area contributed by atoms with Gasteiger partial charge in [0.15, 0.2) is 0 Å². The molecule has 0 spiro atoms. The van der Waals surface area contributed by atoms with E-state index in [9.17, 15) is 4.39 Å². The maximum atomic E-state index is 13.6. The summed E-state index contributed by atoms with van der Waals surface area (Å²) < 4.78 is 14.4. The van der Waals surface area contributed by atoms with Crippen molar-refractivity contribution in [2.75, 3.05) is 0 Å². The Bertz CT molecular complexity index is 428. The summed E-state index contributed by atoms with van der Waals surface area (Å²) >= 11 is 3.30. The molecule has 1 aliphatic carbocycles. The first-order chi connectivity index (χ1) is 7.11. The van der Waals surface area contributed by atoms with Gasteiger partial charge in [0.25, 0.3) is 0 Å². The van der Waals surface area contributed by atoms with Crippen molar-refractivity contribution >= 4 is 15.9 Å². The van der Waals surface area contributed by atoms with Gasteiger partial charge < -0.3 is 0 Å². The Kier molecular flexibility index (Phi) is 1.93. The second-order valence-electron chi connectivity index (χ2n) is 4.29. The van der Waals surface area contributed by atoms with Crippen molar-refractivity contribution in [3.63, 3.8) is 0 Å². The van der Waals surface area contributed by atoms with Crippen molar-refractivity contribution < 1.29 is 9.23 Å². The zero-order chi connectivity index (χ0) is 10.6. The van der Waals surface area contributed by atoms with Gasteiger partial charge in [-0.05, 0) is 35.3 Å². The SMILES string of the molecule is C[C@@]1(c2cc(Br)cnc2F)NOC2CC21. The summed E-state index contributed by atoms with van der Waals surface area (Å²) in [6, 6.07) is 1.76. The fourth-order valence-electron chi connectivity index (χ4n) is 2.22. The van der Waals surface area contributed by atoms with E-state index >= 15 is 0 Å². The number of halogens is 2. The van der Waals surface area contributed by atoms with E-state index < -0.39 is 11.5 Å². The predicted octanol–water partition coefficient (Wildman–Crippen LogP) is 2.12. The zero-order valence-corrected chi connectivity index (χ0v) is 9.71. The number of rotatable bonds is 1. The molecular formula is C10H10BrFN2O. The van der Waals surface area contributed by atoms with Crippen LogP contribution in [0.25, 0.3) is 0 Å². The van der Waals surface area contributed by atoms with E-state index in [0.29, 0.717) is 11.5 Å². The molecule has 1 N–H and O–H groups in total. The predicted molar refractivity (Wildman–Crippen MR) is 55.4 cm³/mol. The lowest BCUT2D eigenvalue weighted by Crippen LogP contribution is -2.37. The topological polar surface area (TPSA) is 34.2 Å². The third kappa shape index (κ3) is 1.33. The Morgan fingerprint density at radius 1 is 1.73 bits per heavy atom. The Labute approximate surface area is 95.1 Å². The molecule has 1 aliphatic heterocycles. The highest BCUT2D eigenvalue weighted by Gasteiger charge is 2.59. The van der Waals surface area contributed by atoms with Gasteiger partial charge >= 0.3 is 0 Å². The summed E-state index contributed by atoms with van der Waals surface area (Å²) in [5, 5.41) is 0. The molecule has 2 fully saturated rings. The monoisotopic (exact) mass is 272 g/mol. The Morgan fingerprint density at radius 2 is 2.53 bits per heavy atom. The van der Waals surface area contributed by atoms with Crippen LogP contribution in [-0.2, 0) is 10.4 Å². The minimum Gasteiger partial charge on any atom is -0.297 e. The van der Waals surface area contributed by atoms with Crippen LogP contribution in [0.4, 0.5) is 4.39 Å². The molecule has 2 unspecified atom stereocenters. The molecule has 0 aromatic carbocycles. The first-order valence-electron chi connectivity index (χ1n) is 4.85. The third-order valence-electron chi connectivity index (χ3n) is 3.26. The molecule has 1 aromatic rings. The summed E-state index contributed by atoms with van der Waals surface area (Å²) in [6.45, 7) is 1.96. The molecule has 3 nitrogen and oxygen atoms in total. The lowest BCUT2D eigenvalue weighted by molar-refractivity contribution is 0.0210. The molecule has 5 heteroatoms. The molecule has 3 rings (SSSR count). The van der Waals surface area contributed by atoms with Gasteiger partial charge in [0, 0.05) is 22.2 Å². The average Bonchev–Trinajstić information content (AvgIpc) is 2.92. The number of pyridine rings is 1. The van der Waals surface area contributed by atoms with Crippen LogP contribution >= 0.6 is 15.9 Å². The van der Waals surface area contributed by atoms with E-state index in [1.54, 1.807) is 6.07 Å². The van der Waals surface area contributed by atoms with Gasteiger partial charge in [0.1, 0.15) is 0 Å². The van der Waals surface area contributed by atoms with Crippen molar-refractivity contribution in [2.45, 2.75) is 25.0 Å². The molecule has 15 heavy (non-hydrogen) atoms. The van der Waals surface area contributed by atoms with Crippen LogP contribution in [0.2, 0.25) is 0 Å². The third-order valence-corrected chi connectivity index (χ3v) is 3.69. The Morgan fingerprint density at radius 3 is 3.13 bits per heavy atom. The van der Waals surface area contributed by atoms with E-state index in [1.807, 2.05) is 6.92 Å². The molecule has 0 bridgehead atoms. The minimum absolute atomic E-state index is 0.244. The fourth-order valence-corrected chi connectivity index (χ4v) is 2.56. The maximum absolute atomic E-state index is 13.6. The Balaban J connectivity index is 2.08. The van der Waals surface area contributed by atoms with Crippen LogP contribution in [0.3, 0.4) is 0 Å². The van der Waals surface area contributed by atoms with Gasteiger partial charge in [0.05, 0.1) is 11.6 Å². The number of fused-ring (bicyclic) bond motifs is 1. The van der Waals surface area contributed by atoms with Crippen LogP contribution in [0, 0.1) is 11.9 Å². The van der Waals surface area contributed by atoms with E-state index in [4.69, 9.17) is 4.84 Å².